The van der Waals surface area contributed by atoms with Gasteiger partial charge in [-0.05, 0) is 50.3 Å². The summed E-state index contributed by atoms with van der Waals surface area (Å²) < 4.78 is 10.6. The molecule has 1 aromatic carbocycles. The van der Waals surface area contributed by atoms with Crippen LogP contribution in [0.3, 0.4) is 0 Å². The van der Waals surface area contributed by atoms with Gasteiger partial charge in [-0.2, -0.15) is 0 Å². The number of ether oxygens (including phenoxy) is 2. The smallest absolute Gasteiger partial charge is 0.336 e. The van der Waals surface area contributed by atoms with E-state index in [1.807, 2.05) is 0 Å². The fraction of sp³-hybridized carbons (Fsp3) is 0.622. The van der Waals surface area contributed by atoms with Gasteiger partial charge in [-0.15, -0.1) is 5.92 Å². The Labute approximate surface area is 281 Å². The average molecular weight is 657 g/mol. The van der Waals surface area contributed by atoms with E-state index in [0.29, 0.717) is 30.8 Å². The monoisotopic (exact) mass is 656 g/mol. The predicted molar refractivity (Wildman–Crippen MR) is 183 cm³/mol. The number of carbonyl (C=O) groups is 4. The minimum Gasteiger partial charge on any atom is -0.481 e. The second-order valence-corrected chi connectivity index (χ2v) is 11.8. The Morgan fingerprint density at radius 3 is 2.17 bits per heavy atom. The van der Waals surface area contributed by atoms with Crippen LogP contribution in [0.5, 0.6) is 5.75 Å². The fourth-order valence-corrected chi connectivity index (χ4v) is 5.13. The van der Waals surface area contributed by atoms with E-state index in [9.17, 15) is 29.4 Å². The summed E-state index contributed by atoms with van der Waals surface area (Å²) in [5.41, 5.74) is -1.72. The van der Waals surface area contributed by atoms with Crippen LogP contribution in [0.25, 0.3) is 0 Å². The molecule has 0 aliphatic heterocycles. The standard InChI is InChI=1S/C37H56N2O8/c1-5-7-9-12-15-18-30(40)19-16-13-10-11-14-17-20-32(37(45,36(43)44)25-27-46-4)34(41)39-33(35(42)38-3)28-29-21-23-31(24-22-29)47-26-8-6-2/h17,20-24,32-33,45H,5,7,9-16,18-19,25-28H2,1-4H3,(H,38,42)(H,39,41)(H,43,44)/b20-17+/t32?,33-,37?/m0/s1. The second-order valence-electron chi connectivity index (χ2n) is 11.8. The van der Waals surface area contributed by atoms with Crippen LogP contribution >= 0.6 is 0 Å². The van der Waals surface area contributed by atoms with E-state index < -0.39 is 35.3 Å². The molecule has 0 aliphatic carbocycles. The van der Waals surface area contributed by atoms with E-state index in [4.69, 9.17) is 9.47 Å². The van der Waals surface area contributed by atoms with Crippen LogP contribution in [0.15, 0.2) is 36.4 Å². The van der Waals surface area contributed by atoms with Crippen LogP contribution in [0, 0.1) is 17.8 Å². The summed E-state index contributed by atoms with van der Waals surface area (Å²) in [7, 11) is 2.82. The molecule has 0 heterocycles. The van der Waals surface area contributed by atoms with Gasteiger partial charge in [0.25, 0.3) is 0 Å². The lowest BCUT2D eigenvalue weighted by atomic mass is 9.83. The molecule has 0 aromatic heterocycles. The van der Waals surface area contributed by atoms with Gasteiger partial charge < -0.3 is 30.3 Å². The molecule has 0 fully saturated rings. The summed E-state index contributed by atoms with van der Waals surface area (Å²) >= 11 is 0. The minimum absolute atomic E-state index is 0.0883. The number of amides is 2. The van der Waals surface area contributed by atoms with Crippen LogP contribution in [0.1, 0.15) is 103 Å². The highest BCUT2D eigenvalue weighted by Crippen LogP contribution is 2.26. The van der Waals surface area contributed by atoms with Gasteiger partial charge >= 0.3 is 5.97 Å². The average Bonchev–Trinajstić information content (AvgIpc) is 3.06. The molecule has 0 bridgehead atoms. The molecule has 10 nitrogen and oxygen atoms in total. The summed E-state index contributed by atoms with van der Waals surface area (Å²) in [6.45, 7) is 4.05. The molecule has 2 amide bonds. The third kappa shape index (κ3) is 16.6. The Kier molecular flexibility index (Phi) is 21.5. The number of hydrogen-bond acceptors (Lipinski definition) is 7. The lowest BCUT2D eigenvalue weighted by Crippen LogP contribution is -2.56. The van der Waals surface area contributed by atoms with Crippen LogP contribution in [0.4, 0.5) is 0 Å². The molecule has 47 heavy (non-hydrogen) atoms. The molecule has 0 saturated heterocycles. The number of unbranched alkanes of at least 4 members (excludes halogenated alkanes) is 8. The summed E-state index contributed by atoms with van der Waals surface area (Å²) in [5, 5.41) is 26.5. The molecular formula is C37H56N2O8. The van der Waals surface area contributed by atoms with E-state index >= 15 is 0 Å². The van der Waals surface area contributed by atoms with E-state index in [1.54, 1.807) is 37.3 Å². The third-order valence-electron chi connectivity index (χ3n) is 8.05. The fourth-order valence-electron chi connectivity index (χ4n) is 5.13. The zero-order valence-corrected chi connectivity index (χ0v) is 28.8. The van der Waals surface area contributed by atoms with Crippen LogP contribution in [0.2, 0.25) is 0 Å². The van der Waals surface area contributed by atoms with Crippen LogP contribution < -0.4 is 15.4 Å². The SMILES string of the molecule is CC#CCOc1ccc(C[C@H](NC(=O)C(/C=C/CCCCCCC(=O)CCCCCCC)C(O)(CCOC)C(=O)O)C(=O)NC)cc1. The molecule has 2 unspecified atom stereocenters. The number of rotatable bonds is 26. The van der Waals surface area contributed by atoms with Crippen molar-refractivity contribution in [3.63, 3.8) is 0 Å². The number of nitrogens with one attached hydrogen (secondary N) is 2. The first-order valence-electron chi connectivity index (χ1n) is 16.9. The molecule has 3 atom stereocenters. The van der Waals surface area contributed by atoms with Crippen molar-refractivity contribution in [1.82, 2.24) is 10.6 Å². The van der Waals surface area contributed by atoms with E-state index in [0.717, 1.165) is 44.1 Å². The normalized spacial score (nSPS) is 13.6. The Hall–Kier alpha value is -3.68. The third-order valence-corrected chi connectivity index (χ3v) is 8.05. The van der Waals surface area contributed by atoms with E-state index in [2.05, 4.69) is 29.4 Å². The predicted octanol–water partition coefficient (Wildman–Crippen LogP) is 5.16. The number of aliphatic carboxylic acids is 1. The van der Waals surface area contributed by atoms with E-state index in [-0.39, 0.29) is 26.1 Å². The number of Topliss-reactive ketones (excluding diaryl/α,β-unsaturated/α-hetero) is 1. The topological polar surface area (TPSA) is 151 Å². The Morgan fingerprint density at radius 1 is 0.957 bits per heavy atom. The van der Waals surface area contributed by atoms with Crippen molar-refractivity contribution in [3.05, 3.63) is 42.0 Å². The Bertz CT molecular complexity index is 1170. The summed E-state index contributed by atoms with van der Waals surface area (Å²) in [5.74, 6) is 2.19. The first-order chi connectivity index (χ1) is 22.6. The number of benzene rings is 1. The zero-order chi connectivity index (χ0) is 34.9. The van der Waals surface area contributed by atoms with Crippen molar-refractivity contribution in [2.24, 2.45) is 5.92 Å². The molecule has 0 radical (unpaired) electrons. The van der Waals surface area contributed by atoms with Crippen molar-refractivity contribution < 1.29 is 38.9 Å². The van der Waals surface area contributed by atoms with Gasteiger partial charge in [-0.1, -0.05) is 75.7 Å². The first kappa shape index (κ1) is 41.3. The minimum atomic E-state index is -2.46. The van der Waals surface area contributed by atoms with Crippen molar-refractivity contribution in [1.29, 1.82) is 0 Å². The molecule has 0 saturated carbocycles. The Balaban J connectivity index is 2.87. The first-order valence-corrected chi connectivity index (χ1v) is 16.9. The number of methoxy groups -OCH3 is 1. The lowest BCUT2D eigenvalue weighted by Gasteiger charge is -2.31. The highest BCUT2D eigenvalue weighted by Gasteiger charge is 2.47. The van der Waals surface area contributed by atoms with Gasteiger partial charge in [0.2, 0.25) is 11.8 Å². The van der Waals surface area contributed by atoms with Crippen molar-refractivity contribution in [2.45, 2.75) is 115 Å². The van der Waals surface area contributed by atoms with Gasteiger partial charge in [0.05, 0.1) is 5.92 Å². The van der Waals surface area contributed by atoms with E-state index in [1.165, 1.54) is 39.5 Å². The summed E-state index contributed by atoms with van der Waals surface area (Å²) in [6, 6.07) is 5.99. The largest absolute Gasteiger partial charge is 0.481 e. The maximum absolute atomic E-state index is 13.6. The van der Waals surface area contributed by atoms with Gasteiger partial charge in [0, 0.05) is 46.4 Å². The second kappa shape index (κ2) is 24.5. The Morgan fingerprint density at radius 2 is 1.60 bits per heavy atom. The molecule has 1 aromatic rings. The molecule has 1 rings (SSSR count). The number of carboxylic acid groups (broad SMARTS) is 1. The number of ketones is 1. The highest BCUT2D eigenvalue weighted by molar-refractivity contribution is 5.93. The van der Waals surface area contributed by atoms with Gasteiger partial charge in [0.15, 0.2) is 5.60 Å². The molecule has 4 N–H and O–H groups in total. The number of hydrogen-bond donors (Lipinski definition) is 4. The quantitative estimate of drug-likeness (QED) is 0.0607. The van der Waals surface area contributed by atoms with Gasteiger partial charge in [-0.3, -0.25) is 14.4 Å². The van der Waals surface area contributed by atoms with Crippen molar-refractivity contribution >= 4 is 23.6 Å². The molecule has 0 aliphatic rings. The summed E-state index contributed by atoms with van der Waals surface area (Å²) in [4.78, 5) is 50.8. The van der Waals surface area contributed by atoms with Crippen molar-refractivity contribution in [3.8, 4) is 17.6 Å². The highest BCUT2D eigenvalue weighted by atomic mass is 16.5. The number of carbonyl (C=O) groups excluding carboxylic acids is 3. The number of aliphatic hydroxyl groups is 1. The maximum Gasteiger partial charge on any atom is 0.336 e. The number of likely N-dealkylation sites (N-methyl/N-ethyl adjacent to an activating group) is 1. The molecule has 10 heteroatoms. The molecule has 0 spiro atoms. The van der Waals surface area contributed by atoms with Crippen LogP contribution in [-0.4, -0.2) is 72.8 Å². The zero-order valence-electron chi connectivity index (χ0n) is 28.8. The molecule has 262 valence electrons. The number of carboxylic acids is 1. The summed E-state index contributed by atoms with van der Waals surface area (Å²) in [6.07, 6.45) is 13.8. The van der Waals surface area contributed by atoms with Crippen molar-refractivity contribution in [2.75, 3.05) is 27.4 Å². The molecular weight excluding hydrogens is 600 g/mol. The van der Waals surface area contributed by atoms with Gasteiger partial charge in [0.1, 0.15) is 24.2 Å². The number of allylic oxidation sites excluding steroid dienone is 1. The van der Waals surface area contributed by atoms with Gasteiger partial charge in [-0.25, -0.2) is 4.79 Å². The lowest BCUT2D eigenvalue weighted by molar-refractivity contribution is -0.168. The maximum atomic E-state index is 13.6. The van der Waals surface area contributed by atoms with Crippen LogP contribution in [-0.2, 0) is 30.3 Å².